The predicted octanol–water partition coefficient (Wildman–Crippen LogP) is 4.14. The molecule has 0 unspecified atom stereocenters. The Bertz CT molecular complexity index is 1210. The minimum atomic E-state index is -2.96. The summed E-state index contributed by atoms with van der Waals surface area (Å²) < 4.78 is 29.2. The Labute approximate surface area is 191 Å². The van der Waals surface area contributed by atoms with Gasteiger partial charge < -0.3 is 9.73 Å². The fraction of sp³-hybridized carbons (Fsp3) is 0.348. The second kappa shape index (κ2) is 9.46. The molecule has 1 aliphatic heterocycles. The maximum absolute atomic E-state index is 13.2. The van der Waals surface area contributed by atoms with Crippen molar-refractivity contribution < 1.29 is 17.6 Å². The lowest BCUT2D eigenvalue weighted by Gasteiger charge is -2.16. The molecule has 32 heavy (non-hydrogen) atoms. The Morgan fingerprint density at radius 1 is 1.19 bits per heavy atom. The summed E-state index contributed by atoms with van der Waals surface area (Å²) in [7, 11) is -2.96. The van der Waals surface area contributed by atoms with Gasteiger partial charge in [-0.1, -0.05) is 42.5 Å². The number of amides is 1. The summed E-state index contributed by atoms with van der Waals surface area (Å²) >= 11 is 1.19. The van der Waals surface area contributed by atoms with E-state index in [1.165, 1.54) is 11.8 Å². The van der Waals surface area contributed by atoms with E-state index >= 15 is 0 Å². The fourth-order valence-corrected chi connectivity index (χ4v) is 6.47. The Balaban J connectivity index is 1.51. The first kappa shape index (κ1) is 22.5. The van der Waals surface area contributed by atoms with Crippen molar-refractivity contribution in [1.82, 2.24) is 10.2 Å². The topological polar surface area (TPSA) is 102 Å². The van der Waals surface area contributed by atoms with Gasteiger partial charge in [0.05, 0.1) is 11.5 Å². The van der Waals surface area contributed by atoms with Gasteiger partial charge in [-0.05, 0) is 60.7 Å². The van der Waals surface area contributed by atoms with E-state index in [1.54, 1.807) is 0 Å². The zero-order valence-corrected chi connectivity index (χ0v) is 19.6. The van der Waals surface area contributed by atoms with Crippen LogP contribution in [0.1, 0.15) is 34.3 Å². The van der Waals surface area contributed by atoms with Gasteiger partial charge in [0.1, 0.15) is 5.25 Å². The number of rotatable bonds is 7. The smallest absolute Gasteiger partial charge is 0.277 e. The second-order valence-corrected chi connectivity index (χ2v) is 11.4. The number of carbonyl (C=O) groups is 1. The normalized spacial score (nSPS) is 18.4. The molecular formula is C23H25N3O4S2. The average molecular weight is 472 g/mol. The molecule has 0 spiro atoms. The van der Waals surface area contributed by atoms with Crippen LogP contribution >= 0.6 is 11.8 Å². The first-order valence-electron chi connectivity index (χ1n) is 10.4. The van der Waals surface area contributed by atoms with E-state index in [-0.39, 0.29) is 28.6 Å². The lowest BCUT2D eigenvalue weighted by molar-refractivity contribution is -0.115. The molecule has 1 fully saturated rings. The molecule has 1 aromatic heterocycles. The molecular weight excluding hydrogens is 446 g/mol. The van der Waals surface area contributed by atoms with Gasteiger partial charge in [-0.2, -0.15) is 0 Å². The lowest BCUT2D eigenvalue weighted by Crippen LogP contribution is -2.19. The van der Waals surface area contributed by atoms with Gasteiger partial charge in [-0.15, -0.1) is 10.2 Å². The standard InChI is InChI=1S/C23H25N3O4S2/c1-15-8-9-16(2)19(12-15)24-22(27)21(18-6-4-3-5-7-18)31-23-26-25-20(30-23)13-17-10-11-32(28,29)14-17/h3-9,12,17,21H,10-11,13-14H2,1-2H3,(H,24,27)/t17-,21+/m1/s1. The number of anilines is 1. The van der Waals surface area contributed by atoms with Gasteiger partial charge in [-0.3, -0.25) is 4.79 Å². The number of hydrogen-bond donors (Lipinski definition) is 1. The molecule has 1 saturated heterocycles. The first-order valence-corrected chi connectivity index (χ1v) is 13.1. The highest BCUT2D eigenvalue weighted by Crippen LogP contribution is 2.36. The third kappa shape index (κ3) is 5.58. The minimum absolute atomic E-state index is 0.00388. The van der Waals surface area contributed by atoms with Gasteiger partial charge in [0, 0.05) is 12.1 Å². The molecule has 2 atom stereocenters. The summed E-state index contributed by atoms with van der Waals surface area (Å²) in [6.07, 6.45) is 1.04. The van der Waals surface area contributed by atoms with Gasteiger partial charge in [0.25, 0.3) is 5.22 Å². The number of aromatic nitrogens is 2. The van der Waals surface area contributed by atoms with Crippen LogP contribution in [0.4, 0.5) is 5.69 Å². The number of carbonyl (C=O) groups excluding carboxylic acids is 1. The van der Waals surface area contributed by atoms with Crippen LogP contribution in [-0.2, 0) is 21.1 Å². The highest BCUT2D eigenvalue weighted by atomic mass is 32.2. The second-order valence-electron chi connectivity index (χ2n) is 8.15. The molecule has 0 radical (unpaired) electrons. The van der Waals surface area contributed by atoms with E-state index < -0.39 is 15.1 Å². The van der Waals surface area contributed by atoms with Gasteiger partial charge in [0.2, 0.25) is 11.8 Å². The zero-order chi connectivity index (χ0) is 22.7. The van der Waals surface area contributed by atoms with Crippen molar-refractivity contribution in [3.8, 4) is 0 Å². The van der Waals surface area contributed by atoms with Crippen molar-refractivity contribution in [1.29, 1.82) is 0 Å². The highest BCUT2D eigenvalue weighted by molar-refractivity contribution is 8.00. The third-order valence-corrected chi connectivity index (χ3v) is 8.37. The summed E-state index contributed by atoms with van der Waals surface area (Å²) in [6, 6.07) is 15.4. The molecule has 1 N–H and O–H groups in total. The fourth-order valence-electron chi connectivity index (χ4n) is 3.72. The Kier molecular flexibility index (Phi) is 6.66. The van der Waals surface area contributed by atoms with E-state index in [4.69, 9.17) is 4.42 Å². The summed E-state index contributed by atoms with van der Waals surface area (Å²) in [4.78, 5) is 13.2. The van der Waals surface area contributed by atoms with Crippen LogP contribution in [0.15, 0.2) is 58.2 Å². The average Bonchev–Trinajstić information content (AvgIpc) is 3.34. The molecule has 4 rings (SSSR count). The molecule has 9 heteroatoms. The zero-order valence-electron chi connectivity index (χ0n) is 17.9. The van der Waals surface area contributed by atoms with Crippen LogP contribution in [-0.4, -0.2) is 36.0 Å². The third-order valence-electron chi connectivity index (χ3n) is 5.45. The highest BCUT2D eigenvalue weighted by Gasteiger charge is 2.30. The summed E-state index contributed by atoms with van der Waals surface area (Å²) in [5, 5.41) is 10.9. The van der Waals surface area contributed by atoms with Crippen LogP contribution in [0.2, 0.25) is 0 Å². The van der Waals surface area contributed by atoms with Crippen LogP contribution in [0, 0.1) is 19.8 Å². The molecule has 7 nitrogen and oxygen atoms in total. The number of thioether (sulfide) groups is 1. The molecule has 168 valence electrons. The predicted molar refractivity (Wildman–Crippen MR) is 124 cm³/mol. The van der Waals surface area contributed by atoms with Gasteiger partial charge >= 0.3 is 0 Å². The van der Waals surface area contributed by atoms with Crippen molar-refractivity contribution in [2.45, 2.75) is 37.2 Å². The minimum Gasteiger partial charge on any atom is -0.416 e. The van der Waals surface area contributed by atoms with E-state index in [9.17, 15) is 13.2 Å². The van der Waals surface area contributed by atoms with Crippen molar-refractivity contribution in [3.63, 3.8) is 0 Å². The van der Waals surface area contributed by atoms with Gasteiger partial charge in [0.15, 0.2) is 9.84 Å². The molecule has 2 aromatic carbocycles. The van der Waals surface area contributed by atoms with E-state index in [0.717, 1.165) is 22.4 Å². The first-order chi connectivity index (χ1) is 15.3. The number of hydrogen-bond acceptors (Lipinski definition) is 7. The van der Waals surface area contributed by atoms with Crippen molar-refractivity contribution in [2.24, 2.45) is 5.92 Å². The number of sulfone groups is 1. The molecule has 3 aromatic rings. The van der Waals surface area contributed by atoms with E-state index in [1.807, 2.05) is 62.4 Å². The van der Waals surface area contributed by atoms with Crippen LogP contribution in [0.5, 0.6) is 0 Å². The monoisotopic (exact) mass is 471 g/mol. The van der Waals surface area contributed by atoms with E-state index in [2.05, 4.69) is 15.5 Å². The van der Waals surface area contributed by atoms with Crippen molar-refractivity contribution >= 4 is 33.2 Å². The summed E-state index contributed by atoms with van der Waals surface area (Å²) in [6.45, 7) is 3.93. The molecule has 2 heterocycles. The van der Waals surface area contributed by atoms with Gasteiger partial charge in [-0.25, -0.2) is 8.42 Å². The number of benzene rings is 2. The summed E-state index contributed by atoms with van der Waals surface area (Å²) in [5.74, 6) is 0.578. The largest absolute Gasteiger partial charge is 0.416 e. The van der Waals surface area contributed by atoms with Crippen LogP contribution < -0.4 is 5.32 Å². The maximum Gasteiger partial charge on any atom is 0.277 e. The molecule has 0 aliphatic carbocycles. The Morgan fingerprint density at radius 3 is 2.69 bits per heavy atom. The maximum atomic E-state index is 13.2. The van der Waals surface area contributed by atoms with E-state index in [0.29, 0.717) is 18.7 Å². The van der Waals surface area contributed by atoms with Crippen molar-refractivity contribution in [3.05, 3.63) is 71.1 Å². The number of nitrogens with one attached hydrogen (secondary N) is 1. The number of aryl methyl sites for hydroxylation is 2. The molecule has 0 bridgehead atoms. The summed E-state index contributed by atoms with van der Waals surface area (Å²) in [5.41, 5.74) is 3.63. The lowest BCUT2D eigenvalue weighted by atomic mass is 10.1. The SMILES string of the molecule is Cc1ccc(C)c(NC(=O)[C@@H](Sc2nnc(C[C@H]3CCS(=O)(=O)C3)o2)c2ccccc2)c1. The Hall–Kier alpha value is -2.65. The molecule has 0 saturated carbocycles. The quantitative estimate of drug-likeness (QED) is 0.517. The molecule has 1 aliphatic rings. The van der Waals surface area contributed by atoms with Crippen molar-refractivity contribution in [2.75, 3.05) is 16.8 Å². The van der Waals surface area contributed by atoms with Crippen LogP contribution in [0.25, 0.3) is 0 Å². The Morgan fingerprint density at radius 2 is 1.97 bits per heavy atom. The molecule has 1 amide bonds. The number of nitrogens with zero attached hydrogens (tertiary/aromatic N) is 2. The van der Waals surface area contributed by atoms with Crippen LogP contribution in [0.3, 0.4) is 0 Å².